The molecule has 0 saturated carbocycles. The Kier molecular flexibility index (Phi) is 2.42. The van der Waals surface area contributed by atoms with Crippen LogP contribution >= 0.6 is 0 Å². The summed E-state index contributed by atoms with van der Waals surface area (Å²) in [5.41, 5.74) is 2.62. The van der Waals surface area contributed by atoms with E-state index >= 15 is 0 Å². The Bertz CT molecular complexity index is 446. The monoisotopic (exact) mass is 199 g/mol. The number of amides is 1. The average Bonchev–Trinajstić information content (AvgIpc) is 2.27. The van der Waals surface area contributed by atoms with Gasteiger partial charge in [-0.2, -0.15) is 0 Å². The standard InChI is InChI=1S/C13H13NO/c1-10(2)13(15)14-9-5-7-11-6-3-4-8-12(11)14/h3-8H,1,9H2,2H3. The summed E-state index contributed by atoms with van der Waals surface area (Å²) in [7, 11) is 0. The number of carbonyl (C=O) groups excluding carboxylic acids is 1. The van der Waals surface area contributed by atoms with Gasteiger partial charge in [-0.05, 0) is 18.6 Å². The number of benzene rings is 1. The zero-order chi connectivity index (χ0) is 10.8. The number of fused-ring (bicyclic) bond motifs is 1. The van der Waals surface area contributed by atoms with Gasteiger partial charge in [-0.25, -0.2) is 0 Å². The van der Waals surface area contributed by atoms with Crippen LogP contribution in [0.4, 0.5) is 5.69 Å². The molecule has 1 amide bonds. The molecule has 1 aromatic carbocycles. The second-order valence-electron chi connectivity index (χ2n) is 3.66. The fourth-order valence-corrected chi connectivity index (χ4v) is 1.68. The van der Waals surface area contributed by atoms with E-state index in [-0.39, 0.29) is 5.91 Å². The first kappa shape index (κ1) is 9.71. The van der Waals surface area contributed by atoms with Crippen LogP contribution in [0, 0.1) is 0 Å². The Hall–Kier alpha value is -1.83. The van der Waals surface area contributed by atoms with Crippen LogP contribution in [0.25, 0.3) is 6.08 Å². The number of anilines is 1. The van der Waals surface area contributed by atoms with Gasteiger partial charge in [0.15, 0.2) is 0 Å². The SMILES string of the molecule is C=C(C)C(=O)N1CC=Cc2ccccc21. The van der Waals surface area contributed by atoms with E-state index in [0.29, 0.717) is 12.1 Å². The molecule has 0 radical (unpaired) electrons. The Morgan fingerprint density at radius 1 is 1.40 bits per heavy atom. The molecule has 0 saturated heterocycles. The molecule has 0 N–H and O–H groups in total. The molecule has 0 aliphatic carbocycles. The predicted octanol–water partition coefficient (Wildman–Crippen LogP) is 2.62. The molecule has 0 atom stereocenters. The lowest BCUT2D eigenvalue weighted by molar-refractivity contribution is -0.115. The highest BCUT2D eigenvalue weighted by Crippen LogP contribution is 2.26. The van der Waals surface area contributed by atoms with Gasteiger partial charge < -0.3 is 4.90 Å². The van der Waals surface area contributed by atoms with Crippen LogP contribution in [-0.4, -0.2) is 12.5 Å². The van der Waals surface area contributed by atoms with Crippen LogP contribution in [0.5, 0.6) is 0 Å². The molecule has 1 heterocycles. The minimum absolute atomic E-state index is 0.00759. The molecular formula is C13H13NO. The number of hydrogen-bond donors (Lipinski definition) is 0. The molecular weight excluding hydrogens is 186 g/mol. The van der Waals surface area contributed by atoms with Crippen molar-refractivity contribution in [2.75, 3.05) is 11.4 Å². The lowest BCUT2D eigenvalue weighted by Gasteiger charge is -2.26. The van der Waals surface area contributed by atoms with Crippen molar-refractivity contribution in [1.29, 1.82) is 0 Å². The molecule has 0 unspecified atom stereocenters. The average molecular weight is 199 g/mol. The summed E-state index contributed by atoms with van der Waals surface area (Å²) in [5, 5.41) is 0. The Labute approximate surface area is 89.5 Å². The van der Waals surface area contributed by atoms with Crippen LogP contribution < -0.4 is 4.90 Å². The van der Waals surface area contributed by atoms with E-state index < -0.39 is 0 Å². The minimum atomic E-state index is -0.00759. The molecule has 76 valence electrons. The van der Waals surface area contributed by atoms with Gasteiger partial charge in [-0.1, -0.05) is 36.9 Å². The van der Waals surface area contributed by atoms with Crippen LogP contribution in [0.1, 0.15) is 12.5 Å². The second-order valence-corrected chi connectivity index (χ2v) is 3.66. The summed E-state index contributed by atoms with van der Waals surface area (Å²) in [4.78, 5) is 13.6. The highest BCUT2D eigenvalue weighted by atomic mass is 16.2. The quantitative estimate of drug-likeness (QED) is 0.637. The van der Waals surface area contributed by atoms with Crippen molar-refractivity contribution in [3.63, 3.8) is 0 Å². The van der Waals surface area contributed by atoms with Crippen LogP contribution in [-0.2, 0) is 4.79 Å². The summed E-state index contributed by atoms with van der Waals surface area (Å²) in [5.74, 6) is -0.00759. The van der Waals surface area contributed by atoms with Crippen molar-refractivity contribution in [3.8, 4) is 0 Å². The summed E-state index contributed by atoms with van der Waals surface area (Å²) in [6.07, 6.45) is 4.03. The first-order valence-electron chi connectivity index (χ1n) is 4.93. The molecule has 2 nitrogen and oxygen atoms in total. The number of hydrogen-bond acceptors (Lipinski definition) is 1. The maximum absolute atomic E-state index is 11.9. The van der Waals surface area contributed by atoms with Crippen LogP contribution in [0.15, 0.2) is 42.5 Å². The fourth-order valence-electron chi connectivity index (χ4n) is 1.68. The van der Waals surface area contributed by atoms with Crippen LogP contribution in [0.2, 0.25) is 0 Å². The van der Waals surface area contributed by atoms with E-state index in [4.69, 9.17) is 0 Å². The van der Waals surface area contributed by atoms with E-state index in [1.807, 2.05) is 36.4 Å². The second kappa shape index (κ2) is 3.73. The smallest absolute Gasteiger partial charge is 0.253 e. The highest BCUT2D eigenvalue weighted by Gasteiger charge is 2.19. The zero-order valence-electron chi connectivity index (χ0n) is 8.73. The predicted molar refractivity (Wildman–Crippen MR) is 62.6 cm³/mol. The Balaban J connectivity index is 2.42. The van der Waals surface area contributed by atoms with Gasteiger partial charge in [0.1, 0.15) is 0 Å². The lowest BCUT2D eigenvalue weighted by Crippen LogP contribution is -2.33. The van der Waals surface area contributed by atoms with Gasteiger partial charge in [0.05, 0.1) is 5.69 Å². The largest absolute Gasteiger partial charge is 0.304 e. The van der Waals surface area contributed by atoms with Crippen molar-refractivity contribution >= 4 is 17.7 Å². The first-order chi connectivity index (χ1) is 7.20. The lowest BCUT2D eigenvalue weighted by atomic mass is 10.1. The maximum Gasteiger partial charge on any atom is 0.253 e. The van der Waals surface area contributed by atoms with Crippen molar-refractivity contribution in [2.45, 2.75) is 6.92 Å². The third-order valence-electron chi connectivity index (χ3n) is 2.42. The van der Waals surface area contributed by atoms with Crippen molar-refractivity contribution in [1.82, 2.24) is 0 Å². The fraction of sp³-hybridized carbons (Fsp3) is 0.154. The summed E-state index contributed by atoms with van der Waals surface area (Å²) >= 11 is 0. The number of nitrogens with zero attached hydrogens (tertiary/aromatic N) is 1. The molecule has 2 rings (SSSR count). The van der Waals surface area contributed by atoms with Gasteiger partial charge in [0, 0.05) is 12.1 Å². The molecule has 1 aliphatic heterocycles. The topological polar surface area (TPSA) is 20.3 Å². The molecule has 2 heteroatoms. The van der Waals surface area contributed by atoms with Crippen LogP contribution in [0.3, 0.4) is 0 Å². The number of carbonyl (C=O) groups is 1. The van der Waals surface area contributed by atoms with Gasteiger partial charge in [0.2, 0.25) is 0 Å². The molecule has 0 bridgehead atoms. The van der Waals surface area contributed by atoms with Crippen molar-refractivity contribution in [3.05, 3.63) is 48.1 Å². The van der Waals surface area contributed by atoms with E-state index in [9.17, 15) is 4.79 Å². The van der Waals surface area contributed by atoms with Gasteiger partial charge in [-0.15, -0.1) is 0 Å². The van der Waals surface area contributed by atoms with Gasteiger partial charge in [-0.3, -0.25) is 4.79 Å². The number of rotatable bonds is 1. The van der Waals surface area contributed by atoms with E-state index in [1.165, 1.54) is 0 Å². The summed E-state index contributed by atoms with van der Waals surface area (Å²) < 4.78 is 0. The third-order valence-corrected chi connectivity index (χ3v) is 2.42. The first-order valence-corrected chi connectivity index (χ1v) is 4.93. The normalized spacial score (nSPS) is 13.5. The Morgan fingerprint density at radius 3 is 2.87 bits per heavy atom. The summed E-state index contributed by atoms with van der Waals surface area (Å²) in [6, 6.07) is 7.87. The summed E-state index contributed by atoms with van der Waals surface area (Å²) in [6.45, 7) is 6.05. The van der Waals surface area contributed by atoms with Crippen molar-refractivity contribution < 1.29 is 4.79 Å². The van der Waals surface area contributed by atoms with Crippen molar-refractivity contribution in [2.24, 2.45) is 0 Å². The zero-order valence-corrected chi connectivity index (χ0v) is 8.73. The van der Waals surface area contributed by atoms with E-state index in [0.717, 1.165) is 11.3 Å². The molecule has 15 heavy (non-hydrogen) atoms. The molecule has 0 spiro atoms. The van der Waals surface area contributed by atoms with Gasteiger partial charge in [0.25, 0.3) is 5.91 Å². The third kappa shape index (κ3) is 1.71. The number of para-hydroxylation sites is 1. The van der Waals surface area contributed by atoms with Gasteiger partial charge >= 0.3 is 0 Å². The Morgan fingerprint density at radius 2 is 2.13 bits per heavy atom. The minimum Gasteiger partial charge on any atom is -0.304 e. The maximum atomic E-state index is 11.9. The molecule has 1 aliphatic rings. The molecule has 0 aromatic heterocycles. The van der Waals surface area contributed by atoms with E-state index in [1.54, 1.807) is 11.8 Å². The molecule has 1 aromatic rings. The van der Waals surface area contributed by atoms with E-state index in [2.05, 4.69) is 6.58 Å². The highest BCUT2D eigenvalue weighted by molar-refractivity contribution is 6.06. The molecule has 0 fully saturated rings.